The Morgan fingerprint density at radius 2 is 1.61 bits per heavy atom. The minimum absolute atomic E-state index is 0.313. The van der Waals surface area contributed by atoms with E-state index in [1.165, 1.54) is 0 Å². The Bertz CT molecular complexity index is 501. The zero-order valence-corrected chi connectivity index (χ0v) is 13.1. The molecule has 0 radical (unpaired) electrons. The SMILES string of the molecule is CCCCC1CCC(C(F)(F)Oc2cc(F)c(F)c(F)c2)CC1. The third-order valence-electron chi connectivity index (χ3n) is 4.50. The minimum atomic E-state index is -3.52. The van der Waals surface area contributed by atoms with Gasteiger partial charge in [-0.15, -0.1) is 0 Å². The Balaban J connectivity index is 1.97. The fraction of sp³-hybridized carbons (Fsp3) is 0.647. The van der Waals surface area contributed by atoms with Crippen LogP contribution in [-0.4, -0.2) is 6.11 Å². The molecule has 2 rings (SSSR count). The van der Waals surface area contributed by atoms with Crippen LogP contribution in [0.3, 0.4) is 0 Å². The molecule has 0 amide bonds. The fourth-order valence-corrected chi connectivity index (χ4v) is 3.11. The van der Waals surface area contributed by atoms with E-state index >= 15 is 0 Å². The van der Waals surface area contributed by atoms with Gasteiger partial charge in [0.05, 0.1) is 5.92 Å². The molecule has 0 N–H and O–H groups in total. The predicted molar refractivity (Wildman–Crippen MR) is 76.9 cm³/mol. The topological polar surface area (TPSA) is 9.23 Å². The summed E-state index contributed by atoms with van der Waals surface area (Å²) in [4.78, 5) is 0. The normalized spacial score (nSPS) is 22.2. The minimum Gasteiger partial charge on any atom is -0.432 e. The highest BCUT2D eigenvalue weighted by molar-refractivity contribution is 5.25. The third kappa shape index (κ3) is 4.58. The molecule has 1 fully saturated rings. The lowest BCUT2D eigenvalue weighted by Crippen LogP contribution is -2.37. The maximum Gasteiger partial charge on any atom is 0.400 e. The number of ether oxygens (including phenoxy) is 1. The third-order valence-corrected chi connectivity index (χ3v) is 4.50. The lowest BCUT2D eigenvalue weighted by molar-refractivity contribution is -0.223. The quantitative estimate of drug-likeness (QED) is 0.452. The molecular formula is C17H21F5O. The van der Waals surface area contributed by atoms with Gasteiger partial charge in [0.15, 0.2) is 17.5 Å². The second kappa shape index (κ2) is 7.49. The van der Waals surface area contributed by atoms with Crippen molar-refractivity contribution in [1.82, 2.24) is 0 Å². The van der Waals surface area contributed by atoms with Gasteiger partial charge in [-0.25, -0.2) is 13.2 Å². The number of hydrogen-bond donors (Lipinski definition) is 0. The van der Waals surface area contributed by atoms with Crippen molar-refractivity contribution in [2.24, 2.45) is 11.8 Å². The van der Waals surface area contributed by atoms with Crippen LogP contribution in [0.25, 0.3) is 0 Å². The molecule has 1 aliphatic rings. The van der Waals surface area contributed by atoms with Crippen LogP contribution in [0.4, 0.5) is 22.0 Å². The summed E-state index contributed by atoms with van der Waals surface area (Å²) in [6.45, 7) is 2.09. The highest BCUT2D eigenvalue weighted by Gasteiger charge is 2.44. The first-order chi connectivity index (χ1) is 10.8. The van der Waals surface area contributed by atoms with Gasteiger partial charge < -0.3 is 4.74 Å². The van der Waals surface area contributed by atoms with Crippen LogP contribution in [0.5, 0.6) is 5.75 Å². The van der Waals surface area contributed by atoms with E-state index in [0.717, 1.165) is 19.3 Å². The van der Waals surface area contributed by atoms with Crippen molar-refractivity contribution < 1.29 is 26.7 Å². The summed E-state index contributed by atoms with van der Waals surface area (Å²) < 4.78 is 71.9. The number of benzene rings is 1. The van der Waals surface area contributed by atoms with E-state index in [1.54, 1.807) is 0 Å². The van der Waals surface area contributed by atoms with Gasteiger partial charge in [0, 0.05) is 12.1 Å². The first kappa shape index (κ1) is 18.0. The number of halogens is 5. The van der Waals surface area contributed by atoms with Gasteiger partial charge in [-0.05, 0) is 31.6 Å². The Kier molecular flexibility index (Phi) is 5.87. The average Bonchev–Trinajstić information content (AvgIpc) is 2.50. The second-order valence-corrected chi connectivity index (χ2v) is 6.22. The van der Waals surface area contributed by atoms with Crippen LogP contribution in [0, 0.1) is 29.3 Å². The van der Waals surface area contributed by atoms with Crippen molar-refractivity contribution in [2.45, 2.75) is 58.0 Å². The van der Waals surface area contributed by atoms with Crippen molar-refractivity contribution in [2.75, 3.05) is 0 Å². The zero-order chi connectivity index (χ0) is 17.0. The van der Waals surface area contributed by atoms with Gasteiger partial charge in [0.1, 0.15) is 5.75 Å². The number of alkyl halides is 2. The van der Waals surface area contributed by atoms with Crippen LogP contribution in [0.1, 0.15) is 51.9 Å². The van der Waals surface area contributed by atoms with E-state index in [1.807, 2.05) is 0 Å². The molecule has 23 heavy (non-hydrogen) atoms. The van der Waals surface area contributed by atoms with Crippen LogP contribution in [0.2, 0.25) is 0 Å². The molecule has 1 aromatic carbocycles. The summed E-state index contributed by atoms with van der Waals surface area (Å²) in [6.07, 6.45) is 1.74. The van der Waals surface area contributed by atoms with Gasteiger partial charge in [-0.2, -0.15) is 8.78 Å². The molecule has 0 saturated heterocycles. The summed E-state index contributed by atoms with van der Waals surface area (Å²) in [7, 11) is 0. The van der Waals surface area contributed by atoms with Crippen molar-refractivity contribution in [3.63, 3.8) is 0 Å². The van der Waals surface area contributed by atoms with Crippen molar-refractivity contribution in [3.05, 3.63) is 29.6 Å². The standard InChI is InChI=1S/C17H21F5O/c1-2-3-4-11-5-7-12(8-6-11)17(21,22)23-13-9-14(18)16(20)15(19)10-13/h9-12H,2-8H2,1H3. The van der Waals surface area contributed by atoms with E-state index < -0.39 is 35.2 Å². The summed E-state index contributed by atoms with van der Waals surface area (Å²) in [5, 5.41) is 0. The van der Waals surface area contributed by atoms with Gasteiger partial charge in [0.25, 0.3) is 0 Å². The molecule has 0 unspecified atom stereocenters. The van der Waals surface area contributed by atoms with E-state index in [2.05, 4.69) is 11.7 Å². The second-order valence-electron chi connectivity index (χ2n) is 6.22. The number of unbranched alkanes of at least 4 members (excludes halogenated alkanes) is 1. The van der Waals surface area contributed by atoms with Gasteiger partial charge in [-0.3, -0.25) is 0 Å². The zero-order valence-electron chi connectivity index (χ0n) is 13.1. The molecule has 0 spiro atoms. The molecule has 0 heterocycles. The molecule has 0 bridgehead atoms. The maximum atomic E-state index is 14.2. The van der Waals surface area contributed by atoms with Crippen LogP contribution >= 0.6 is 0 Å². The molecule has 1 aromatic rings. The first-order valence-corrected chi connectivity index (χ1v) is 8.04. The van der Waals surface area contributed by atoms with E-state index in [0.29, 0.717) is 43.7 Å². The van der Waals surface area contributed by atoms with E-state index in [-0.39, 0.29) is 0 Å². The first-order valence-electron chi connectivity index (χ1n) is 8.04. The number of rotatable bonds is 6. The largest absolute Gasteiger partial charge is 0.432 e. The number of hydrogen-bond acceptors (Lipinski definition) is 1. The van der Waals surface area contributed by atoms with Crippen LogP contribution in [-0.2, 0) is 0 Å². The molecule has 0 aromatic heterocycles. The van der Waals surface area contributed by atoms with Crippen LogP contribution < -0.4 is 4.74 Å². The average molecular weight is 336 g/mol. The van der Waals surface area contributed by atoms with Gasteiger partial charge >= 0.3 is 6.11 Å². The highest BCUT2D eigenvalue weighted by atomic mass is 19.3. The Labute approximate surface area is 132 Å². The Morgan fingerprint density at radius 1 is 1.04 bits per heavy atom. The van der Waals surface area contributed by atoms with Crippen molar-refractivity contribution >= 4 is 0 Å². The monoisotopic (exact) mass is 336 g/mol. The summed E-state index contributed by atoms with van der Waals surface area (Å²) in [6, 6.07) is 0.887. The molecule has 6 heteroatoms. The van der Waals surface area contributed by atoms with Crippen molar-refractivity contribution in [3.8, 4) is 5.75 Å². The Hall–Kier alpha value is -1.33. The predicted octanol–water partition coefficient (Wildman–Crippen LogP) is 6.07. The highest BCUT2D eigenvalue weighted by Crippen LogP contribution is 2.41. The van der Waals surface area contributed by atoms with Gasteiger partial charge in [-0.1, -0.05) is 26.2 Å². The lowest BCUT2D eigenvalue weighted by Gasteiger charge is -2.33. The van der Waals surface area contributed by atoms with Gasteiger partial charge in [0.2, 0.25) is 0 Å². The molecular weight excluding hydrogens is 315 g/mol. The lowest BCUT2D eigenvalue weighted by atomic mass is 9.79. The summed E-state index contributed by atoms with van der Waals surface area (Å²) in [5.74, 6) is -6.01. The summed E-state index contributed by atoms with van der Waals surface area (Å²) >= 11 is 0. The molecule has 0 aliphatic heterocycles. The summed E-state index contributed by atoms with van der Waals surface area (Å²) in [5.41, 5.74) is 0. The maximum absolute atomic E-state index is 14.2. The van der Waals surface area contributed by atoms with Crippen LogP contribution in [0.15, 0.2) is 12.1 Å². The van der Waals surface area contributed by atoms with E-state index in [9.17, 15) is 22.0 Å². The molecule has 130 valence electrons. The molecule has 0 atom stereocenters. The molecule has 1 nitrogen and oxygen atoms in total. The molecule has 1 saturated carbocycles. The van der Waals surface area contributed by atoms with E-state index in [4.69, 9.17) is 0 Å². The fourth-order valence-electron chi connectivity index (χ4n) is 3.11. The molecule has 1 aliphatic carbocycles. The van der Waals surface area contributed by atoms with Crippen molar-refractivity contribution in [1.29, 1.82) is 0 Å². The smallest absolute Gasteiger partial charge is 0.400 e. The Morgan fingerprint density at radius 3 is 2.13 bits per heavy atom.